The minimum absolute atomic E-state index is 0.0314. The maximum Gasteiger partial charge on any atom is 0.322 e. The van der Waals surface area contributed by atoms with Gasteiger partial charge < -0.3 is 4.42 Å². The van der Waals surface area contributed by atoms with Crippen molar-refractivity contribution in [3.63, 3.8) is 0 Å². The van der Waals surface area contributed by atoms with Crippen LogP contribution in [0.25, 0.3) is 0 Å². The molecule has 1 aromatic heterocycles. The van der Waals surface area contributed by atoms with Crippen LogP contribution in [0.15, 0.2) is 33.6 Å². The molecule has 10 heteroatoms. The van der Waals surface area contributed by atoms with E-state index in [2.05, 4.69) is 15.5 Å². The molecule has 2 aromatic rings. The van der Waals surface area contributed by atoms with Crippen LogP contribution in [0.5, 0.6) is 0 Å². The third kappa shape index (κ3) is 3.85. The third-order valence-corrected chi connectivity index (χ3v) is 5.95. The van der Waals surface area contributed by atoms with Gasteiger partial charge in [-0.3, -0.25) is 10.1 Å². The molecule has 1 saturated heterocycles. The monoisotopic (exact) mass is 368 g/mol. The van der Waals surface area contributed by atoms with E-state index in [4.69, 9.17) is 4.42 Å². The summed E-state index contributed by atoms with van der Waals surface area (Å²) in [4.78, 5) is 12.2. The first-order valence-corrected chi connectivity index (χ1v) is 9.17. The molecule has 25 heavy (non-hydrogen) atoms. The fourth-order valence-electron chi connectivity index (χ4n) is 2.67. The predicted molar refractivity (Wildman–Crippen MR) is 85.5 cm³/mol. The van der Waals surface area contributed by atoms with Gasteiger partial charge in [0.25, 0.3) is 0 Å². The lowest BCUT2D eigenvalue weighted by atomic mass is 9.97. The summed E-state index contributed by atoms with van der Waals surface area (Å²) in [6.07, 6.45) is 0.749. The molecule has 1 aliphatic rings. The molecule has 3 rings (SSSR count). The summed E-state index contributed by atoms with van der Waals surface area (Å²) in [5.41, 5.74) is 0. The average molecular weight is 368 g/mol. The van der Waals surface area contributed by atoms with Crippen molar-refractivity contribution in [1.82, 2.24) is 14.5 Å². The van der Waals surface area contributed by atoms with Crippen molar-refractivity contribution in [2.75, 3.05) is 18.4 Å². The Labute approximate surface area is 144 Å². The maximum atomic E-state index is 13.0. The van der Waals surface area contributed by atoms with E-state index >= 15 is 0 Å². The number of carbonyl (C=O) groups is 1. The van der Waals surface area contributed by atoms with Gasteiger partial charge in [-0.25, -0.2) is 12.8 Å². The minimum atomic E-state index is -3.69. The van der Waals surface area contributed by atoms with Crippen LogP contribution in [0, 0.1) is 18.7 Å². The van der Waals surface area contributed by atoms with E-state index in [0.29, 0.717) is 18.7 Å². The molecule has 8 nitrogen and oxygen atoms in total. The number of nitrogens with one attached hydrogen (secondary N) is 1. The Balaban J connectivity index is 1.61. The molecule has 0 atom stereocenters. The lowest BCUT2D eigenvalue weighted by molar-refractivity contribution is -0.121. The van der Waals surface area contributed by atoms with Crippen molar-refractivity contribution in [3.05, 3.63) is 36.0 Å². The predicted octanol–water partition coefficient (Wildman–Crippen LogP) is 1.56. The molecule has 0 unspecified atom stereocenters. The average Bonchev–Trinajstić information content (AvgIpc) is 3.00. The van der Waals surface area contributed by atoms with Crippen molar-refractivity contribution in [3.8, 4) is 0 Å². The summed E-state index contributed by atoms with van der Waals surface area (Å²) in [7, 11) is -3.69. The molecule has 1 aliphatic heterocycles. The van der Waals surface area contributed by atoms with Crippen LogP contribution in [0.4, 0.5) is 10.4 Å². The van der Waals surface area contributed by atoms with E-state index in [-0.39, 0.29) is 35.8 Å². The highest BCUT2D eigenvalue weighted by Gasteiger charge is 2.32. The van der Waals surface area contributed by atoms with Gasteiger partial charge in [0.05, 0.1) is 4.90 Å². The topological polar surface area (TPSA) is 105 Å². The molecule has 0 bridgehead atoms. The highest BCUT2D eigenvalue weighted by atomic mass is 32.2. The molecule has 1 N–H and O–H groups in total. The zero-order valence-corrected chi connectivity index (χ0v) is 14.3. The van der Waals surface area contributed by atoms with Gasteiger partial charge in [-0.2, -0.15) is 4.31 Å². The Kier molecular flexibility index (Phi) is 4.82. The summed E-state index contributed by atoms with van der Waals surface area (Å²) >= 11 is 0. The number of halogens is 1. The Morgan fingerprint density at radius 1 is 1.24 bits per heavy atom. The van der Waals surface area contributed by atoms with Gasteiger partial charge in [-0.05, 0) is 37.1 Å². The van der Waals surface area contributed by atoms with Crippen molar-refractivity contribution in [1.29, 1.82) is 0 Å². The highest BCUT2D eigenvalue weighted by Crippen LogP contribution is 2.25. The van der Waals surface area contributed by atoms with Gasteiger partial charge >= 0.3 is 6.01 Å². The van der Waals surface area contributed by atoms with Crippen LogP contribution in [-0.2, 0) is 14.8 Å². The van der Waals surface area contributed by atoms with Gasteiger partial charge in [-0.15, -0.1) is 5.10 Å². The summed E-state index contributed by atoms with van der Waals surface area (Å²) in [6.45, 7) is 2.03. The van der Waals surface area contributed by atoms with Crippen molar-refractivity contribution >= 4 is 21.9 Å². The second kappa shape index (κ2) is 6.89. The van der Waals surface area contributed by atoms with E-state index in [0.717, 1.165) is 12.1 Å². The number of aryl methyl sites for hydroxylation is 1. The lowest BCUT2D eigenvalue weighted by Gasteiger charge is -2.30. The van der Waals surface area contributed by atoms with Gasteiger partial charge in [0.15, 0.2) is 0 Å². The van der Waals surface area contributed by atoms with Crippen molar-refractivity contribution in [2.24, 2.45) is 5.92 Å². The second-order valence-electron chi connectivity index (χ2n) is 5.75. The standard InChI is InChI=1S/C15H17FN4O4S/c1-10-18-19-15(24-10)17-14(21)11-6-8-20(9-7-11)25(22,23)13-4-2-12(16)3-5-13/h2-5,11H,6-9H2,1H3,(H,17,19,21). The zero-order chi connectivity index (χ0) is 18.0. The number of nitrogens with zero attached hydrogens (tertiary/aromatic N) is 3. The van der Waals surface area contributed by atoms with Gasteiger partial charge in [0.2, 0.25) is 21.8 Å². The van der Waals surface area contributed by atoms with Crippen molar-refractivity contribution < 1.29 is 22.0 Å². The third-order valence-electron chi connectivity index (χ3n) is 4.03. The zero-order valence-electron chi connectivity index (χ0n) is 13.5. The number of benzene rings is 1. The smallest absolute Gasteiger partial charge is 0.322 e. The highest BCUT2D eigenvalue weighted by molar-refractivity contribution is 7.89. The molecule has 1 amide bonds. The summed E-state index contributed by atoms with van der Waals surface area (Å²) in [5, 5.41) is 9.85. The number of amides is 1. The van der Waals surface area contributed by atoms with Gasteiger partial charge in [0, 0.05) is 25.9 Å². The number of aromatic nitrogens is 2. The van der Waals surface area contributed by atoms with E-state index in [1.165, 1.54) is 16.4 Å². The van der Waals surface area contributed by atoms with Crippen LogP contribution in [0.3, 0.4) is 0 Å². The van der Waals surface area contributed by atoms with Crippen LogP contribution < -0.4 is 5.32 Å². The largest absolute Gasteiger partial charge is 0.408 e. The van der Waals surface area contributed by atoms with Crippen LogP contribution in [0.1, 0.15) is 18.7 Å². The van der Waals surface area contributed by atoms with E-state index in [1.54, 1.807) is 6.92 Å². The molecular weight excluding hydrogens is 351 g/mol. The fourth-order valence-corrected chi connectivity index (χ4v) is 4.14. The quantitative estimate of drug-likeness (QED) is 0.878. The first kappa shape index (κ1) is 17.5. The maximum absolute atomic E-state index is 13.0. The number of hydrogen-bond acceptors (Lipinski definition) is 6. The number of hydrogen-bond donors (Lipinski definition) is 1. The molecule has 134 valence electrons. The van der Waals surface area contributed by atoms with E-state index in [9.17, 15) is 17.6 Å². The molecular formula is C15H17FN4O4S. The molecule has 0 spiro atoms. The normalized spacial score (nSPS) is 16.7. The molecule has 1 fully saturated rings. The molecule has 0 aliphatic carbocycles. The van der Waals surface area contributed by atoms with Crippen LogP contribution in [0.2, 0.25) is 0 Å². The summed E-state index contributed by atoms with van der Waals surface area (Å²) in [5.74, 6) is -0.768. The number of anilines is 1. The number of carbonyl (C=O) groups excluding carboxylic acids is 1. The van der Waals surface area contributed by atoms with E-state index in [1.807, 2.05) is 0 Å². The van der Waals surface area contributed by atoms with Crippen LogP contribution in [-0.4, -0.2) is 41.9 Å². The minimum Gasteiger partial charge on any atom is -0.408 e. The van der Waals surface area contributed by atoms with Gasteiger partial charge in [0.1, 0.15) is 5.82 Å². The number of piperidine rings is 1. The fraction of sp³-hybridized carbons (Fsp3) is 0.400. The van der Waals surface area contributed by atoms with Gasteiger partial charge in [-0.1, -0.05) is 5.10 Å². The summed E-state index contributed by atoms with van der Waals surface area (Å²) in [6, 6.07) is 4.73. The SMILES string of the molecule is Cc1nnc(NC(=O)C2CCN(S(=O)(=O)c3ccc(F)cc3)CC2)o1. The van der Waals surface area contributed by atoms with Crippen LogP contribution >= 0.6 is 0 Å². The Bertz CT molecular complexity index is 858. The first-order chi connectivity index (χ1) is 11.9. The Morgan fingerprint density at radius 2 is 1.88 bits per heavy atom. The Hall–Kier alpha value is -2.33. The number of rotatable bonds is 4. The van der Waals surface area contributed by atoms with E-state index < -0.39 is 15.8 Å². The number of sulfonamides is 1. The molecule has 0 saturated carbocycles. The molecule has 0 radical (unpaired) electrons. The summed E-state index contributed by atoms with van der Waals surface area (Å²) < 4.78 is 44.4. The Morgan fingerprint density at radius 3 is 2.44 bits per heavy atom. The first-order valence-electron chi connectivity index (χ1n) is 7.73. The lowest BCUT2D eigenvalue weighted by Crippen LogP contribution is -2.41. The molecule has 1 aromatic carbocycles. The van der Waals surface area contributed by atoms with Crippen molar-refractivity contribution in [2.45, 2.75) is 24.7 Å². The second-order valence-corrected chi connectivity index (χ2v) is 7.69. The molecule has 2 heterocycles.